The maximum Gasteiger partial charge on any atom is 0.255 e. The first-order valence-electron chi connectivity index (χ1n) is 8.73. The van der Waals surface area contributed by atoms with E-state index in [1.165, 1.54) is 10.6 Å². The zero-order chi connectivity index (χ0) is 18.7. The predicted octanol–water partition coefficient (Wildman–Crippen LogP) is 0.424. The van der Waals surface area contributed by atoms with Gasteiger partial charge in [-0.15, -0.1) is 0 Å². The average molecular weight is 348 g/mol. The van der Waals surface area contributed by atoms with Crippen molar-refractivity contribution >= 4 is 11.8 Å². The monoisotopic (exact) mass is 348 g/mol. The van der Waals surface area contributed by atoms with Crippen LogP contribution in [0.3, 0.4) is 0 Å². The number of aryl methyl sites for hydroxylation is 1. The van der Waals surface area contributed by atoms with Gasteiger partial charge in [0, 0.05) is 43.5 Å². The Balaban J connectivity index is 2.35. The van der Waals surface area contributed by atoms with Gasteiger partial charge in [-0.05, 0) is 40.2 Å². The molecule has 2 heterocycles. The summed E-state index contributed by atoms with van der Waals surface area (Å²) >= 11 is 0. The van der Waals surface area contributed by atoms with Crippen LogP contribution in [0.4, 0.5) is 0 Å². The van der Waals surface area contributed by atoms with Gasteiger partial charge >= 0.3 is 0 Å². The molecule has 138 valence electrons. The Labute approximate surface area is 148 Å². The second kappa shape index (κ2) is 7.82. The molecule has 1 aromatic heterocycles. The number of hydrogen-bond acceptors (Lipinski definition) is 4. The van der Waals surface area contributed by atoms with E-state index in [1.54, 1.807) is 18.7 Å². The van der Waals surface area contributed by atoms with Crippen LogP contribution in [-0.4, -0.2) is 53.0 Å². The van der Waals surface area contributed by atoms with E-state index >= 15 is 0 Å². The molecule has 1 atom stereocenters. The van der Waals surface area contributed by atoms with E-state index in [1.807, 2.05) is 20.8 Å². The Morgan fingerprint density at radius 3 is 2.64 bits per heavy atom. The minimum absolute atomic E-state index is 0.00241. The summed E-state index contributed by atoms with van der Waals surface area (Å²) in [4.78, 5) is 39.2. The van der Waals surface area contributed by atoms with Crippen molar-refractivity contribution in [3.8, 4) is 0 Å². The third-order valence-electron chi connectivity index (χ3n) is 4.39. The van der Waals surface area contributed by atoms with Crippen LogP contribution in [0.25, 0.3) is 0 Å². The van der Waals surface area contributed by atoms with Crippen LogP contribution in [0.5, 0.6) is 0 Å². The van der Waals surface area contributed by atoms with E-state index < -0.39 is 0 Å². The van der Waals surface area contributed by atoms with Gasteiger partial charge in [-0.1, -0.05) is 0 Å². The van der Waals surface area contributed by atoms with Crippen LogP contribution < -0.4 is 16.2 Å². The van der Waals surface area contributed by atoms with Gasteiger partial charge in [0.05, 0.1) is 5.56 Å². The first-order chi connectivity index (χ1) is 11.7. The van der Waals surface area contributed by atoms with Gasteiger partial charge in [-0.3, -0.25) is 14.4 Å². The molecule has 25 heavy (non-hydrogen) atoms. The minimum Gasteiger partial charge on any atom is -0.352 e. The van der Waals surface area contributed by atoms with Crippen LogP contribution >= 0.6 is 0 Å². The predicted molar refractivity (Wildman–Crippen MR) is 96.8 cm³/mol. The molecule has 0 saturated carbocycles. The fourth-order valence-electron chi connectivity index (χ4n) is 3.23. The molecule has 1 unspecified atom stereocenters. The molecular formula is C18H28N4O3. The zero-order valence-corrected chi connectivity index (χ0v) is 15.7. The molecule has 1 aliphatic rings. The van der Waals surface area contributed by atoms with E-state index in [0.29, 0.717) is 29.9 Å². The summed E-state index contributed by atoms with van der Waals surface area (Å²) in [6.45, 7) is 11.2. The van der Waals surface area contributed by atoms with Crippen molar-refractivity contribution in [1.82, 2.24) is 20.1 Å². The molecule has 0 aliphatic carbocycles. The molecule has 1 aromatic rings. The quantitative estimate of drug-likeness (QED) is 0.826. The Morgan fingerprint density at radius 1 is 1.36 bits per heavy atom. The van der Waals surface area contributed by atoms with Crippen molar-refractivity contribution in [2.75, 3.05) is 19.6 Å². The number of piperazine rings is 1. The van der Waals surface area contributed by atoms with Crippen molar-refractivity contribution in [2.45, 2.75) is 53.2 Å². The molecule has 1 aliphatic heterocycles. The molecule has 7 nitrogen and oxygen atoms in total. The first-order valence-corrected chi connectivity index (χ1v) is 8.73. The van der Waals surface area contributed by atoms with Crippen molar-refractivity contribution in [3.05, 3.63) is 33.2 Å². The van der Waals surface area contributed by atoms with Crippen LogP contribution in [0.15, 0.2) is 10.9 Å². The van der Waals surface area contributed by atoms with Crippen molar-refractivity contribution < 1.29 is 9.59 Å². The minimum atomic E-state index is -0.265. The van der Waals surface area contributed by atoms with Gasteiger partial charge < -0.3 is 20.1 Å². The summed E-state index contributed by atoms with van der Waals surface area (Å²) in [5.41, 5.74) is 1.45. The van der Waals surface area contributed by atoms with Crippen molar-refractivity contribution in [2.24, 2.45) is 0 Å². The number of rotatable bonds is 4. The summed E-state index contributed by atoms with van der Waals surface area (Å²) in [5.74, 6) is -0.320. The number of hydrogen-bond donors (Lipinski definition) is 2. The highest BCUT2D eigenvalue weighted by Gasteiger charge is 2.26. The van der Waals surface area contributed by atoms with Crippen molar-refractivity contribution in [1.29, 1.82) is 0 Å². The third-order valence-corrected chi connectivity index (χ3v) is 4.39. The molecule has 0 radical (unpaired) electrons. The number of nitrogens with zero attached hydrogens (tertiary/aromatic N) is 2. The lowest BCUT2D eigenvalue weighted by Gasteiger charge is -2.32. The fraction of sp³-hybridized carbons (Fsp3) is 0.611. The van der Waals surface area contributed by atoms with E-state index in [0.717, 1.165) is 6.54 Å². The molecular weight excluding hydrogens is 320 g/mol. The van der Waals surface area contributed by atoms with E-state index in [2.05, 4.69) is 10.6 Å². The van der Waals surface area contributed by atoms with Gasteiger partial charge in [0.2, 0.25) is 5.91 Å². The van der Waals surface area contributed by atoms with Crippen molar-refractivity contribution in [3.63, 3.8) is 0 Å². The summed E-state index contributed by atoms with van der Waals surface area (Å²) in [7, 11) is 0. The highest BCUT2D eigenvalue weighted by molar-refractivity contribution is 5.97. The highest BCUT2D eigenvalue weighted by atomic mass is 16.2. The molecule has 1 fully saturated rings. The van der Waals surface area contributed by atoms with E-state index in [4.69, 9.17) is 0 Å². The standard InChI is InChI=1S/C18H28N4O3/c1-11(2)20-15(23)10-22-14(5)17(12(3)8-16(22)24)18(25)21-7-6-19-13(4)9-21/h8,11,13,19H,6-7,9-10H2,1-5H3,(H,20,23). The average Bonchev–Trinajstić information content (AvgIpc) is 2.50. The second-order valence-corrected chi connectivity index (χ2v) is 7.04. The topological polar surface area (TPSA) is 83.4 Å². The third kappa shape index (κ3) is 4.48. The second-order valence-electron chi connectivity index (χ2n) is 7.04. The Morgan fingerprint density at radius 2 is 2.04 bits per heavy atom. The molecule has 2 rings (SSSR count). The van der Waals surface area contributed by atoms with Crippen LogP contribution in [0.1, 0.15) is 42.4 Å². The molecule has 0 aromatic carbocycles. The smallest absolute Gasteiger partial charge is 0.255 e. The van der Waals surface area contributed by atoms with Crippen LogP contribution in [0.2, 0.25) is 0 Å². The van der Waals surface area contributed by atoms with Crippen LogP contribution in [-0.2, 0) is 11.3 Å². The SMILES string of the molecule is Cc1cc(=O)n(CC(=O)NC(C)C)c(C)c1C(=O)N1CCNC(C)C1. The fourth-order valence-corrected chi connectivity index (χ4v) is 3.23. The lowest BCUT2D eigenvalue weighted by molar-refractivity contribution is -0.122. The molecule has 2 N–H and O–H groups in total. The normalized spacial score (nSPS) is 17.7. The highest BCUT2D eigenvalue weighted by Crippen LogP contribution is 2.16. The number of carbonyl (C=O) groups excluding carboxylic acids is 2. The number of pyridine rings is 1. The van der Waals surface area contributed by atoms with Crippen LogP contribution in [0, 0.1) is 13.8 Å². The zero-order valence-electron chi connectivity index (χ0n) is 15.7. The Hall–Kier alpha value is -2.15. The molecule has 7 heteroatoms. The van der Waals surface area contributed by atoms with Gasteiger partial charge in [0.15, 0.2) is 0 Å². The van der Waals surface area contributed by atoms with Gasteiger partial charge in [-0.25, -0.2) is 0 Å². The lowest BCUT2D eigenvalue weighted by Crippen LogP contribution is -2.51. The van der Waals surface area contributed by atoms with Gasteiger partial charge in [0.25, 0.3) is 11.5 Å². The van der Waals surface area contributed by atoms with Gasteiger partial charge in [0.1, 0.15) is 6.54 Å². The number of nitrogens with one attached hydrogen (secondary N) is 2. The summed E-state index contributed by atoms with van der Waals surface area (Å²) < 4.78 is 1.38. The number of amides is 2. The Bertz CT molecular complexity index is 724. The maximum absolute atomic E-state index is 13.0. The summed E-state index contributed by atoms with van der Waals surface area (Å²) in [5, 5.41) is 6.09. The summed E-state index contributed by atoms with van der Waals surface area (Å²) in [6, 6.07) is 1.67. The van der Waals surface area contributed by atoms with Gasteiger partial charge in [-0.2, -0.15) is 0 Å². The number of aromatic nitrogens is 1. The van der Waals surface area contributed by atoms with E-state index in [9.17, 15) is 14.4 Å². The first kappa shape index (κ1) is 19.2. The molecule has 0 bridgehead atoms. The maximum atomic E-state index is 13.0. The summed E-state index contributed by atoms with van der Waals surface area (Å²) in [6.07, 6.45) is 0. The molecule has 0 spiro atoms. The van der Waals surface area contributed by atoms with E-state index in [-0.39, 0.29) is 36.0 Å². The number of carbonyl (C=O) groups is 2. The lowest BCUT2D eigenvalue weighted by atomic mass is 10.0. The largest absolute Gasteiger partial charge is 0.352 e. The molecule has 1 saturated heterocycles. The Kier molecular flexibility index (Phi) is 6.00. The molecule has 2 amide bonds.